The molecule has 3 heteroatoms. The van der Waals surface area contributed by atoms with Gasteiger partial charge in [0.15, 0.2) is 0 Å². The first-order chi connectivity index (χ1) is 17.0. The van der Waals surface area contributed by atoms with Crippen molar-refractivity contribution in [1.29, 1.82) is 0 Å². The second kappa shape index (κ2) is 9.99. The third-order valence-corrected chi connectivity index (χ3v) is 6.99. The van der Waals surface area contributed by atoms with E-state index < -0.39 is 0 Å². The fourth-order valence-electron chi connectivity index (χ4n) is 5.12. The summed E-state index contributed by atoms with van der Waals surface area (Å²) in [5.41, 5.74) is 5.53. The minimum absolute atomic E-state index is 0.0905. The van der Waals surface area contributed by atoms with Crippen LogP contribution in [0.15, 0.2) is 89.5 Å². The van der Waals surface area contributed by atoms with Crippen LogP contribution in [0.25, 0.3) is 0 Å². The van der Waals surface area contributed by atoms with Gasteiger partial charge >= 0.3 is 0 Å². The average molecular weight is 483 g/mol. The van der Waals surface area contributed by atoms with Crippen molar-refractivity contribution in [2.24, 2.45) is 0 Å². The van der Waals surface area contributed by atoms with Crippen LogP contribution in [0.3, 0.4) is 0 Å². The third kappa shape index (κ3) is 5.12. The summed E-state index contributed by atoms with van der Waals surface area (Å²) >= 11 is 0. The highest BCUT2D eigenvalue weighted by Crippen LogP contribution is 2.48. The van der Waals surface area contributed by atoms with Crippen molar-refractivity contribution in [3.05, 3.63) is 124 Å². The number of benzene rings is 3. The Hall–Kier alpha value is -3.30. The largest absolute Gasteiger partial charge is 0.507 e. The van der Waals surface area contributed by atoms with Crippen molar-refractivity contribution >= 4 is 0 Å². The highest BCUT2D eigenvalue weighted by atomic mass is 16.3. The maximum absolute atomic E-state index is 11.4. The van der Waals surface area contributed by atoms with Crippen molar-refractivity contribution in [3.8, 4) is 5.75 Å². The number of aliphatic hydroxyl groups is 1. The third-order valence-electron chi connectivity index (χ3n) is 6.99. The second-order valence-electron chi connectivity index (χ2n) is 11.7. The molecule has 4 rings (SSSR count). The number of aromatic hydroxyl groups is 1. The topological polar surface area (TPSA) is 53.6 Å². The molecule has 3 aromatic carbocycles. The first-order valence-corrected chi connectivity index (χ1v) is 12.7. The summed E-state index contributed by atoms with van der Waals surface area (Å²) < 4.78 is 6.11. The van der Waals surface area contributed by atoms with Gasteiger partial charge in [-0.1, -0.05) is 114 Å². The van der Waals surface area contributed by atoms with Crippen molar-refractivity contribution in [2.45, 2.75) is 70.8 Å². The second-order valence-corrected chi connectivity index (χ2v) is 11.7. The molecule has 1 heterocycles. The standard InChI is InChI=1S/C33H38O3/c1-32(2,3)26-19-25(20-27(30(26)35)33(4,5)6)28(22-13-9-7-10-14-22)29(23-15-11-8-12-16-23)31-24(21-34)17-18-36-31/h7-20,28-29,34-35H,21H2,1-6H3/t28-,29-/m1/s1. The molecule has 2 atom stereocenters. The molecule has 0 aliphatic heterocycles. The molecule has 0 spiro atoms. The highest BCUT2D eigenvalue weighted by Gasteiger charge is 2.35. The van der Waals surface area contributed by atoms with E-state index >= 15 is 0 Å². The van der Waals surface area contributed by atoms with Crippen molar-refractivity contribution in [2.75, 3.05) is 0 Å². The number of phenols is 1. The van der Waals surface area contributed by atoms with Gasteiger partial charge in [0.05, 0.1) is 18.8 Å². The van der Waals surface area contributed by atoms with Crippen LogP contribution in [-0.4, -0.2) is 10.2 Å². The Bertz CT molecular complexity index is 1250. The van der Waals surface area contributed by atoms with E-state index in [2.05, 4.69) is 90.1 Å². The molecule has 36 heavy (non-hydrogen) atoms. The van der Waals surface area contributed by atoms with Crippen LogP contribution in [0.1, 0.15) is 92.5 Å². The summed E-state index contributed by atoms with van der Waals surface area (Å²) in [5, 5.41) is 21.6. The molecular weight excluding hydrogens is 444 g/mol. The van der Waals surface area contributed by atoms with Gasteiger partial charge in [0, 0.05) is 11.5 Å². The number of hydrogen-bond acceptors (Lipinski definition) is 3. The zero-order chi connectivity index (χ0) is 26.1. The Kier molecular flexibility index (Phi) is 7.15. The van der Waals surface area contributed by atoms with Gasteiger partial charge < -0.3 is 14.6 Å². The van der Waals surface area contributed by atoms with Crippen LogP contribution in [0.2, 0.25) is 0 Å². The zero-order valence-electron chi connectivity index (χ0n) is 22.2. The molecule has 0 fully saturated rings. The minimum Gasteiger partial charge on any atom is -0.507 e. The van der Waals surface area contributed by atoms with Crippen LogP contribution in [0.4, 0.5) is 0 Å². The summed E-state index contributed by atoms with van der Waals surface area (Å²) in [6.07, 6.45) is 1.66. The fraction of sp³-hybridized carbons (Fsp3) is 0.333. The van der Waals surface area contributed by atoms with Crippen LogP contribution in [-0.2, 0) is 17.4 Å². The molecule has 2 N–H and O–H groups in total. The van der Waals surface area contributed by atoms with Crippen LogP contribution < -0.4 is 0 Å². The first-order valence-electron chi connectivity index (χ1n) is 12.7. The Labute approximate surface area is 215 Å². The van der Waals surface area contributed by atoms with E-state index in [9.17, 15) is 10.2 Å². The molecule has 0 unspecified atom stereocenters. The molecule has 188 valence electrons. The van der Waals surface area contributed by atoms with Gasteiger partial charge in [-0.2, -0.15) is 0 Å². The predicted molar refractivity (Wildman–Crippen MR) is 147 cm³/mol. The molecule has 3 nitrogen and oxygen atoms in total. The number of phenolic OH excluding ortho intramolecular Hbond substituents is 1. The monoisotopic (exact) mass is 482 g/mol. The molecule has 0 aliphatic rings. The molecule has 0 aliphatic carbocycles. The zero-order valence-corrected chi connectivity index (χ0v) is 22.2. The summed E-state index contributed by atoms with van der Waals surface area (Å²) in [6, 6.07) is 27.0. The lowest BCUT2D eigenvalue weighted by atomic mass is 9.71. The van der Waals surface area contributed by atoms with Crippen molar-refractivity contribution in [1.82, 2.24) is 0 Å². The van der Waals surface area contributed by atoms with Crippen molar-refractivity contribution < 1.29 is 14.6 Å². The van der Waals surface area contributed by atoms with Crippen LogP contribution in [0.5, 0.6) is 5.75 Å². The lowest BCUT2D eigenvalue weighted by Gasteiger charge is -2.33. The summed E-state index contributed by atoms with van der Waals surface area (Å²) in [7, 11) is 0. The van der Waals surface area contributed by atoms with E-state index in [1.54, 1.807) is 6.26 Å². The molecule has 0 saturated carbocycles. The molecule has 0 saturated heterocycles. The van der Waals surface area contributed by atoms with E-state index in [-0.39, 0.29) is 29.3 Å². The summed E-state index contributed by atoms with van der Waals surface area (Å²) in [6.45, 7) is 12.7. The molecule has 0 radical (unpaired) electrons. The van der Waals surface area contributed by atoms with Crippen LogP contribution >= 0.6 is 0 Å². The Morgan fingerprint density at radius 3 is 1.58 bits per heavy atom. The molecular formula is C33H38O3. The highest BCUT2D eigenvalue weighted by molar-refractivity contribution is 5.54. The van der Waals surface area contributed by atoms with E-state index in [0.717, 1.165) is 39.1 Å². The molecule has 0 bridgehead atoms. The van der Waals surface area contributed by atoms with Crippen molar-refractivity contribution in [3.63, 3.8) is 0 Å². The minimum atomic E-state index is -0.246. The van der Waals surface area contributed by atoms with Gasteiger partial charge in [0.1, 0.15) is 11.5 Å². The molecule has 0 amide bonds. The van der Waals surface area contributed by atoms with E-state index in [1.807, 2.05) is 30.3 Å². The smallest absolute Gasteiger partial charge is 0.123 e. The van der Waals surface area contributed by atoms with E-state index in [4.69, 9.17) is 4.42 Å². The molecule has 1 aromatic heterocycles. The van der Waals surface area contributed by atoms with Gasteiger partial charge in [-0.3, -0.25) is 0 Å². The maximum atomic E-state index is 11.4. The lowest BCUT2D eigenvalue weighted by molar-refractivity contribution is 0.276. The van der Waals surface area contributed by atoms with Gasteiger partial charge in [-0.25, -0.2) is 0 Å². The number of aliphatic hydroxyl groups excluding tert-OH is 1. The Morgan fingerprint density at radius 1 is 0.667 bits per heavy atom. The normalized spacial score (nSPS) is 14.0. The number of rotatable bonds is 6. The Balaban J connectivity index is 2.08. The Morgan fingerprint density at radius 2 is 1.14 bits per heavy atom. The van der Waals surface area contributed by atoms with Gasteiger partial charge in [-0.15, -0.1) is 0 Å². The van der Waals surface area contributed by atoms with Gasteiger partial charge in [-0.05, 0) is 44.7 Å². The first kappa shape index (κ1) is 25.8. The van der Waals surface area contributed by atoms with E-state index in [0.29, 0.717) is 5.75 Å². The molecule has 4 aromatic rings. The summed E-state index contributed by atoms with van der Waals surface area (Å²) in [5.74, 6) is 0.861. The summed E-state index contributed by atoms with van der Waals surface area (Å²) in [4.78, 5) is 0. The average Bonchev–Trinajstić information content (AvgIpc) is 3.31. The quantitative estimate of drug-likeness (QED) is 0.292. The van der Waals surface area contributed by atoms with Gasteiger partial charge in [0.2, 0.25) is 0 Å². The maximum Gasteiger partial charge on any atom is 0.123 e. The lowest BCUT2D eigenvalue weighted by Crippen LogP contribution is -2.21. The number of furan rings is 1. The van der Waals surface area contributed by atoms with Crippen LogP contribution in [0, 0.1) is 0 Å². The predicted octanol–water partition coefficient (Wildman–Crippen LogP) is 8.04. The fourth-order valence-corrected chi connectivity index (χ4v) is 5.12. The SMILES string of the molecule is CC(C)(C)c1cc([C@@H](c2ccccc2)[C@@H](c2ccccc2)c2occc2CO)cc(C(C)(C)C)c1O. The van der Waals surface area contributed by atoms with Gasteiger partial charge in [0.25, 0.3) is 0 Å². The number of hydrogen-bond donors (Lipinski definition) is 2. The van der Waals surface area contributed by atoms with E-state index in [1.165, 1.54) is 0 Å².